The number of aryl methyl sites for hydroxylation is 1. The molecule has 0 aliphatic carbocycles. The zero-order valence-electron chi connectivity index (χ0n) is 23.8. The molecule has 1 unspecified atom stereocenters. The Morgan fingerprint density at radius 2 is 1.90 bits per heavy atom. The van der Waals surface area contributed by atoms with E-state index in [2.05, 4.69) is 37.1 Å². The second kappa shape index (κ2) is 11.8. The Bertz CT molecular complexity index is 1580. The minimum absolute atomic E-state index is 0.0665. The average molecular weight is 555 g/mol. The lowest BCUT2D eigenvalue weighted by Gasteiger charge is -2.26. The normalized spacial score (nSPS) is 18.5. The molecule has 1 atom stereocenters. The first-order chi connectivity index (χ1) is 20.0. The van der Waals surface area contributed by atoms with Gasteiger partial charge in [-0.2, -0.15) is 5.10 Å². The molecule has 0 saturated carbocycles. The average Bonchev–Trinajstić information content (AvgIpc) is 3.48. The number of pyridine rings is 1. The third-order valence-corrected chi connectivity index (χ3v) is 8.43. The number of likely N-dealkylation sites (tertiary alicyclic amines) is 2. The number of nitrogens with one attached hydrogen (secondary N) is 1. The number of imidazole rings is 1. The number of fused-ring (bicyclic) bond motifs is 3. The zero-order chi connectivity index (χ0) is 28.3. The highest BCUT2D eigenvalue weighted by Gasteiger charge is 2.28. The van der Waals surface area contributed by atoms with Gasteiger partial charge in [0.2, 0.25) is 11.9 Å². The van der Waals surface area contributed by atoms with Gasteiger partial charge in [-0.15, -0.1) is 0 Å². The van der Waals surface area contributed by atoms with Crippen molar-refractivity contribution in [3.8, 4) is 0 Å². The molecule has 214 valence electrons. The lowest BCUT2D eigenvalue weighted by Crippen LogP contribution is -2.34. The van der Waals surface area contributed by atoms with Crippen LogP contribution in [0.1, 0.15) is 60.6 Å². The highest BCUT2D eigenvalue weighted by Crippen LogP contribution is 2.34. The molecule has 1 N–H and O–H groups in total. The van der Waals surface area contributed by atoms with Crippen molar-refractivity contribution >= 4 is 39.7 Å². The van der Waals surface area contributed by atoms with E-state index in [1.165, 1.54) is 25.3 Å². The van der Waals surface area contributed by atoms with Gasteiger partial charge < -0.3 is 14.4 Å². The van der Waals surface area contributed by atoms with Gasteiger partial charge in [0, 0.05) is 42.5 Å². The molecule has 0 radical (unpaired) electrons. The first kappa shape index (κ1) is 27.1. The van der Waals surface area contributed by atoms with Crippen LogP contribution >= 0.6 is 0 Å². The Balaban J connectivity index is 1.41. The van der Waals surface area contributed by atoms with Gasteiger partial charge in [-0.1, -0.05) is 13.0 Å². The van der Waals surface area contributed by atoms with Crippen LogP contribution in [0.5, 0.6) is 0 Å². The molecular weight excluding hydrogens is 516 g/mol. The number of hydrogen-bond donors (Lipinski definition) is 1. The Morgan fingerprint density at radius 1 is 1.07 bits per heavy atom. The summed E-state index contributed by atoms with van der Waals surface area (Å²) in [5.74, 6) is 0.161. The summed E-state index contributed by atoms with van der Waals surface area (Å²) < 4.78 is 4.22. The summed E-state index contributed by atoms with van der Waals surface area (Å²) in [7, 11) is 0. The second-order valence-corrected chi connectivity index (χ2v) is 11.2. The van der Waals surface area contributed by atoms with E-state index in [0.29, 0.717) is 24.6 Å². The van der Waals surface area contributed by atoms with Crippen LogP contribution in [-0.4, -0.2) is 78.7 Å². The molecule has 1 aromatic carbocycles. The van der Waals surface area contributed by atoms with Crippen molar-refractivity contribution in [1.82, 2.24) is 34.1 Å². The molecule has 2 amide bonds. The van der Waals surface area contributed by atoms with E-state index in [1.807, 2.05) is 24.1 Å². The van der Waals surface area contributed by atoms with E-state index in [-0.39, 0.29) is 17.9 Å². The third-order valence-electron chi connectivity index (χ3n) is 8.43. The Kier molecular flexibility index (Phi) is 7.82. The number of rotatable bonds is 7. The number of carbonyl (C=O) groups excluding carboxylic acids is 2. The van der Waals surface area contributed by atoms with Crippen molar-refractivity contribution in [2.45, 2.75) is 58.0 Å². The van der Waals surface area contributed by atoms with Crippen LogP contribution in [0, 0.1) is 6.92 Å². The quantitative estimate of drug-likeness (QED) is 0.336. The fourth-order valence-electron chi connectivity index (χ4n) is 6.31. The van der Waals surface area contributed by atoms with Crippen molar-refractivity contribution in [3.63, 3.8) is 0 Å². The van der Waals surface area contributed by atoms with Crippen LogP contribution in [0.15, 0.2) is 49.3 Å². The maximum absolute atomic E-state index is 13.4. The molecule has 6 rings (SSSR count). The number of aromatic nitrogens is 5. The topological polar surface area (TPSA) is 101 Å². The summed E-state index contributed by atoms with van der Waals surface area (Å²) in [4.78, 5) is 39.6. The van der Waals surface area contributed by atoms with Gasteiger partial charge in [-0.05, 0) is 82.5 Å². The largest absolute Gasteiger partial charge is 0.337 e. The summed E-state index contributed by atoms with van der Waals surface area (Å²) in [5, 5.41) is 8.88. The second-order valence-electron chi connectivity index (χ2n) is 11.2. The predicted octanol–water partition coefficient (Wildman–Crippen LogP) is 4.57. The van der Waals surface area contributed by atoms with Gasteiger partial charge in [0.25, 0.3) is 5.91 Å². The Hall–Kier alpha value is -4.05. The van der Waals surface area contributed by atoms with Crippen molar-refractivity contribution in [2.24, 2.45) is 0 Å². The SMILES string of the molecule is C=CC(=O)N1CCCCC(n2c(NC(=O)c3ccnc(C)c3)nc3ccc4c(cnn4CCN4CCCCC4)c32)C1. The molecule has 2 fully saturated rings. The van der Waals surface area contributed by atoms with E-state index < -0.39 is 0 Å². The van der Waals surface area contributed by atoms with Gasteiger partial charge in [0.1, 0.15) is 0 Å². The minimum Gasteiger partial charge on any atom is -0.337 e. The minimum atomic E-state index is -0.242. The molecule has 10 heteroatoms. The summed E-state index contributed by atoms with van der Waals surface area (Å²) in [6.45, 7) is 10.9. The Morgan fingerprint density at radius 3 is 2.71 bits per heavy atom. The number of benzene rings is 1. The molecule has 0 bridgehead atoms. The van der Waals surface area contributed by atoms with Crippen LogP contribution in [0.2, 0.25) is 0 Å². The summed E-state index contributed by atoms with van der Waals surface area (Å²) in [6.07, 6.45) is 11.5. The molecule has 5 heterocycles. The first-order valence-electron chi connectivity index (χ1n) is 14.8. The van der Waals surface area contributed by atoms with Gasteiger partial charge in [0.05, 0.1) is 35.3 Å². The number of nitrogens with zero attached hydrogens (tertiary/aromatic N) is 7. The first-order valence-corrected chi connectivity index (χ1v) is 14.8. The van der Waals surface area contributed by atoms with E-state index in [0.717, 1.165) is 73.1 Å². The maximum atomic E-state index is 13.4. The van der Waals surface area contributed by atoms with Crippen LogP contribution in [0.25, 0.3) is 21.9 Å². The highest BCUT2D eigenvalue weighted by molar-refractivity contribution is 6.07. The lowest BCUT2D eigenvalue weighted by molar-refractivity contribution is -0.126. The number of anilines is 1. The lowest BCUT2D eigenvalue weighted by atomic mass is 10.1. The summed E-state index contributed by atoms with van der Waals surface area (Å²) >= 11 is 0. The van der Waals surface area contributed by atoms with E-state index in [9.17, 15) is 9.59 Å². The van der Waals surface area contributed by atoms with Crippen molar-refractivity contribution < 1.29 is 9.59 Å². The van der Waals surface area contributed by atoms with E-state index >= 15 is 0 Å². The van der Waals surface area contributed by atoms with Gasteiger partial charge >= 0.3 is 0 Å². The third kappa shape index (κ3) is 5.61. The fourth-order valence-corrected chi connectivity index (χ4v) is 6.31. The number of piperidine rings is 1. The predicted molar refractivity (Wildman–Crippen MR) is 160 cm³/mol. The number of carbonyl (C=O) groups is 2. The molecule has 41 heavy (non-hydrogen) atoms. The van der Waals surface area contributed by atoms with Crippen LogP contribution in [0.3, 0.4) is 0 Å². The van der Waals surface area contributed by atoms with Gasteiger partial charge in [-0.25, -0.2) is 4.98 Å². The maximum Gasteiger partial charge on any atom is 0.258 e. The summed E-state index contributed by atoms with van der Waals surface area (Å²) in [5.41, 5.74) is 4.07. The molecule has 4 aromatic rings. The Labute approximate surface area is 240 Å². The van der Waals surface area contributed by atoms with Crippen molar-refractivity contribution in [2.75, 3.05) is 38.0 Å². The van der Waals surface area contributed by atoms with E-state index in [1.54, 1.807) is 18.3 Å². The molecular formula is C31H38N8O2. The number of hydrogen-bond acceptors (Lipinski definition) is 6. The van der Waals surface area contributed by atoms with E-state index in [4.69, 9.17) is 10.1 Å². The van der Waals surface area contributed by atoms with Crippen molar-refractivity contribution in [1.29, 1.82) is 0 Å². The fraction of sp³-hybridized carbons (Fsp3) is 0.452. The number of amides is 2. The van der Waals surface area contributed by atoms with Crippen molar-refractivity contribution in [3.05, 3.63) is 60.6 Å². The zero-order valence-corrected chi connectivity index (χ0v) is 23.8. The molecule has 0 spiro atoms. The molecule has 2 saturated heterocycles. The van der Waals surface area contributed by atoms with Crippen LogP contribution in [-0.2, 0) is 11.3 Å². The molecule has 3 aromatic heterocycles. The van der Waals surface area contributed by atoms with Crippen LogP contribution in [0.4, 0.5) is 5.95 Å². The summed E-state index contributed by atoms with van der Waals surface area (Å²) in [6, 6.07) is 7.50. The highest BCUT2D eigenvalue weighted by atomic mass is 16.2. The van der Waals surface area contributed by atoms with Gasteiger partial charge in [-0.3, -0.25) is 24.6 Å². The molecule has 10 nitrogen and oxygen atoms in total. The van der Waals surface area contributed by atoms with Crippen LogP contribution < -0.4 is 5.32 Å². The standard InChI is InChI=1S/C31H38N8O2/c1-3-28(40)37-16-8-5-9-24(21-37)39-29-25-20-33-38(18-17-36-14-6-4-7-15-36)27(25)11-10-26(29)34-31(39)35-30(41)23-12-13-32-22(2)19-23/h3,10-13,19-20,24H,1,4-9,14-18,21H2,2H3,(H,34,35,41). The molecule has 2 aliphatic heterocycles. The van der Waals surface area contributed by atoms with Gasteiger partial charge in [0.15, 0.2) is 0 Å². The monoisotopic (exact) mass is 554 g/mol. The smallest absolute Gasteiger partial charge is 0.258 e. The molecule has 2 aliphatic rings.